The minimum Gasteiger partial charge on any atom is -0.356 e. The van der Waals surface area contributed by atoms with Gasteiger partial charge in [0.25, 0.3) is 10.0 Å². The van der Waals surface area contributed by atoms with Crippen molar-refractivity contribution in [2.24, 2.45) is 10.3 Å². The van der Waals surface area contributed by atoms with Crippen LogP contribution in [0.1, 0.15) is 51.0 Å². The molecule has 1 aliphatic carbocycles. The average molecular weight is 436 g/mol. The number of amidine groups is 1. The number of hydrogen-bond donors (Lipinski definition) is 1. The molecule has 0 unspecified atom stereocenters. The van der Waals surface area contributed by atoms with Gasteiger partial charge in [-0.1, -0.05) is 36.6 Å². The monoisotopic (exact) mass is 435 g/mol. The second-order valence-corrected chi connectivity index (χ2v) is 10.1. The molecule has 1 aromatic rings. The third-order valence-corrected chi connectivity index (χ3v) is 7.84. The van der Waals surface area contributed by atoms with E-state index in [0.717, 1.165) is 38.5 Å². The fourth-order valence-corrected chi connectivity index (χ4v) is 6.14. The molecule has 4 rings (SSSR count). The molecule has 1 amide bonds. The molecule has 1 aromatic carbocycles. The summed E-state index contributed by atoms with van der Waals surface area (Å²) in [6.45, 7) is 3.16. The first-order valence-electron chi connectivity index (χ1n) is 10.2. The van der Waals surface area contributed by atoms with E-state index in [0.29, 0.717) is 35.1 Å². The summed E-state index contributed by atoms with van der Waals surface area (Å²) in [5.41, 5.74) is 1.27. The molecule has 0 atom stereocenters. The van der Waals surface area contributed by atoms with Crippen LogP contribution in [0.25, 0.3) is 4.91 Å². The van der Waals surface area contributed by atoms with Crippen molar-refractivity contribution in [3.05, 3.63) is 40.4 Å². The van der Waals surface area contributed by atoms with E-state index < -0.39 is 10.0 Å². The largest absolute Gasteiger partial charge is 0.356 e. The van der Waals surface area contributed by atoms with Crippen molar-refractivity contribution < 1.29 is 13.2 Å². The van der Waals surface area contributed by atoms with Crippen molar-refractivity contribution in [2.75, 3.05) is 13.1 Å². The number of carbonyl (C=O) groups excluding carboxylic acids is 1. The first-order chi connectivity index (χ1) is 13.8. The first-order valence-corrected chi connectivity index (χ1v) is 12.0. The molecule has 2 fully saturated rings. The lowest BCUT2D eigenvalue weighted by Gasteiger charge is -2.34. The molecule has 2 heterocycles. The molecule has 156 valence electrons. The lowest BCUT2D eigenvalue weighted by atomic mass is 10.0. The van der Waals surface area contributed by atoms with Crippen molar-refractivity contribution >= 4 is 38.3 Å². The van der Waals surface area contributed by atoms with Gasteiger partial charge in [0.1, 0.15) is 10.7 Å². The number of hydrogen-bond acceptors (Lipinski definition) is 4. The quantitative estimate of drug-likeness (QED) is 0.786. The van der Waals surface area contributed by atoms with Crippen LogP contribution in [0, 0.1) is 5.92 Å². The molecule has 2 aliphatic heterocycles. The van der Waals surface area contributed by atoms with Crippen LogP contribution >= 0.6 is 11.6 Å². The zero-order valence-electron chi connectivity index (χ0n) is 16.5. The number of nitrogens with one attached hydrogen (secondary N) is 1. The maximum Gasteiger partial charge on any atom is 0.285 e. The van der Waals surface area contributed by atoms with Crippen LogP contribution in [0.3, 0.4) is 0 Å². The summed E-state index contributed by atoms with van der Waals surface area (Å²) in [7, 11) is -3.73. The van der Waals surface area contributed by atoms with Gasteiger partial charge in [-0.05, 0) is 50.3 Å². The molecule has 3 aliphatic rings. The van der Waals surface area contributed by atoms with Crippen molar-refractivity contribution in [3.8, 4) is 0 Å². The molecule has 0 spiro atoms. The topological polar surface area (TPSA) is 78.8 Å². The van der Waals surface area contributed by atoms with Crippen molar-refractivity contribution in [1.82, 2.24) is 10.2 Å². The lowest BCUT2D eigenvalue weighted by molar-refractivity contribution is -0.125. The molecule has 29 heavy (non-hydrogen) atoms. The van der Waals surface area contributed by atoms with E-state index >= 15 is 0 Å². The Morgan fingerprint density at radius 3 is 2.34 bits per heavy atom. The Kier molecular flexibility index (Phi) is 5.71. The van der Waals surface area contributed by atoms with Crippen molar-refractivity contribution in [3.63, 3.8) is 0 Å². The molecule has 0 radical (unpaired) electrons. The van der Waals surface area contributed by atoms with E-state index in [9.17, 15) is 13.2 Å². The number of likely N-dealkylation sites (tertiary alicyclic amines) is 1. The number of amides is 1. The van der Waals surface area contributed by atoms with E-state index in [2.05, 4.69) is 9.71 Å². The number of piperidine rings is 1. The maximum absolute atomic E-state index is 12.7. The second-order valence-electron chi connectivity index (χ2n) is 8.10. The highest BCUT2D eigenvalue weighted by Crippen LogP contribution is 2.34. The third-order valence-electron chi connectivity index (χ3n) is 6.11. The standard InChI is InChI=1S/C21H26ClN3O3S/c1-14-19(15-6-8-17(22)9-7-15)29(27,28)24-20(14)25-12-10-18(11-13-25)23-21(26)16-4-2-3-5-16/h6-9,16,18H,2-5,10-13H2,1H3,(H,23,26). The van der Waals surface area contributed by atoms with Crippen LogP contribution in [0.4, 0.5) is 0 Å². The predicted octanol–water partition coefficient (Wildman–Crippen LogP) is 3.58. The number of sulfonamides is 1. The highest BCUT2D eigenvalue weighted by molar-refractivity contribution is 8.00. The third kappa shape index (κ3) is 4.21. The molecular formula is C21H26ClN3O3S. The van der Waals surface area contributed by atoms with Gasteiger partial charge >= 0.3 is 0 Å². The number of halogens is 1. The minimum absolute atomic E-state index is 0.151. The molecule has 1 N–H and O–H groups in total. The molecule has 1 saturated heterocycles. The van der Waals surface area contributed by atoms with E-state index in [4.69, 9.17) is 11.6 Å². The number of carbonyl (C=O) groups is 1. The summed E-state index contributed by atoms with van der Waals surface area (Å²) in [5.74, 6) is 0.878. The minimum atomic E-state index is -3.73. The van der Waals surface area contributed by atoms with Crippen LogP contribution < -0.4 is 5.32 Å². The van der Waals surface area contributed by atoms with Gasteiger partial charge in [0.15, 0.2) is 0 Å². The summed E-state index contributed by atoms with van der Waals surface area (Å²) in [6, 6.07) is 6.94. The van der Waals surface area contributed by atoms with Crippen LogP contribution in [0.5, 0.6) is 0 Å². The summed E-state index contributed by atoms with van der Waals surface area (Å²) in [6.07, 6.45) is 5.87. The van der Waals surface area contributed by atoms with Gasteiger partial charge < -0.3 is 10.2 Å². The Balaban J connectivity index is 1.44. The fraction of sp³-hybridized carbons (Fsp3) is 0.524. The number of nitrogens with zero attached hydrogens (tertiary/aromatic N) is 2. The van der Waals surface area contributed by atoms with Crippen molar-refractivity contribution in [1.29, 1.82) is 0 Å². The molecule has 1 saturated carbocycles. The van der Waals surface area contributed by atoms with Gasteiger partial charge in [-0.15, -0.1) is 4.40 Å². The smallest absolute Gasteiger partial charge is 0.285 e. The van der Waals surface area contributed by atoms with Crippen LogP contribution in [-0.4, -0.2) is 44.2 Å². The summed E-state index contributed by atoms with van der Waals surface area (Å²) >= 11 is 5.93. The van der Waals surface area contributed by atoms with Crippen LogP contribution in [0.15, 0.2) is 34.2 Å². The highest BCUT2D eigenvalue weighted by atomic mass is 35.5. The van der Waals surface area contributed by atoms with E-state index in [-0.39, 0.29) is 22.8 Å². The van der Waals surface area contributed by atoms with Gasteiger partial charge in [-0.2, -0.15) is 8.42 Å². The van der Waals surface area contributed by atoms with E-state index in [1.807, 2.05) is 4.90 Å². The Morgan fingerprint density at radius 1 is 1.10 bits per heavy atom. The lowest BCUT2D eigenvalue weighted by Crippen LogP contribution is -2.47. The highest BCUT2D eigenvalue weighted by Gasteiger charge is 2.35. The van der Waals surface area contributed by atoms with Gasteiger partial charge in [-0.3, -0.25) is 4.79 Å². The van der Waals surface area contributed by atoms with Crippen LogP contribution in [-0.2, 0) is 14.8 Å². The second kappa shape index (κ2) is 8.11. The van der Waals surface area contributed by atoms with Crippen molar-refractivity contribution in [2.45, 2.75) is 51.5 Å². The summed E-state index contributed by atoms with van der Waals surface area (Å²) < 4.78 is 29.5. The number of rotatable bonds is 3. The molecular weight excluding hydrogens is 410 g/mol. The van der Waals surface area contributed by atoms with Gasteiger partial charge in [0.2, 0.25) is 5.91 Å². The predicted molar refractivity (Wildman–Crippen MR) is 115 cm³/mol. The van der Waals surface area contributed by atoms with E-state index in [1.165, 1.54) is 0 Å². The molecule has 8 heteroatoms. The average Bonchev–Trinajstić information content (AvgIpc) is 3.30. The Labute approximate surface area is 177 Å². The van der Waals surface area contributed by atoms with Crippen LogP contribution in [0.2, 0.25) is 5.02 Å². The first kappa shape index (κ1) is 20.4. The Bertz CT molecular complexity index is 955. The van der Waals surface area contributed by atoms with Gasteiger partial charge in [-0.25, -0.2) is 0 Å². The Hall–Kier alpha value is -1.86. The number of benzene rings is 1. The molecule has 0 bridgehead atoms. The fourth-order valence-electron chi connectivity index (χ4n) is 4.53. The zero-order valence-corrected chi connectivity index (χ0v) is 18.1. The molecule has 0 aromatic heterocycles. The maximum atomic E-state index is 12.7. The summed E-state index contributed by atoms with van der Waals surface area (Å²) in [5, 5.41) is 3.75. The zero-order chi connectivity index (χ0) is 20.6. The van der Waals surface area contributed by atoms with Gasteiger partial charge in [0, 0.05) is 35.6 Å². The van der Waals surface area contributed by atoms with Gasteiger partial charge in [0.05, 0.1) is 0 Å². The Morgan fingerprint density at radius 2 is 1.72 bits per heavy atom. The SMILES string of the molecule is CC1=C(c2ccc(Cl)cc2)S(=O)(=O)N=C1N1CCC(NC(=O)C2CCCC2)CC1. The summed E-state index contributed by atoms with van der Waals surface area (Å²) in [4.78, 5) is 14.6. The normalized spacial score (nSPS) is 22.8. The van der Waals surface area contributed by atoms with E-state index in [1.54, 1.807) is 31.2 Å². The molecule has 6 nitrogen and oxygen atoms in total.